The van der Waals surface area contributed by atoms with Gasteiger partial charge in [-0.15, -0.1) is 0 Å². The molecule has 0 aromatic heterocycles. The van der Waals surface area contributed by atoms with Crippen LogP contribution in [-0.2, 0) is 0 Å². The van der Waals surface area contributed by atoms with Crippen LogP contribution in [0.4, 0.5) is 0 Å². The lowest BCUT2D eigenvalue weighted by Crippen LogP contribution is -2.36. The Kier molecular flexibility index (Phi) is 6.17. The first kappa shape index (κ1) is 16.7. The van der Waals surface area contributed by atoms with Crippen molar-refractivity contribution >= 4 is 0 Å². The predicted molar refractivity (Wildman–Crippen MR) is 92.8 cm³/mol. The van der Waals surface area contributed by atoms with Crippen LogP contribution in [-0.4, -0.2) is 29.8 Å². The highest BCUT2D eigenvalue weighted by molar-refractivity contribution is 5.32. The van der Waals surface area contributed by atoms with Gasteiger partial charge in [0.05, 0.1) is 0 Å². The van der Waals surface area contributed by atoms with Gasteiger partial charge >= 0.3 is 0 Å². The second-order valence-electron chi connectivity index (χ2n) is 6.30. The second kappa shape index (κ2) is 8.11. The summed E-state index contributed by atoms with van der Waals surface area (Å²) < 4.78 is 0. The fourth-order valence-corrected chi connectivity index (χ4v) is 2.87. The molecule has 0 aliphatic rings. The summed E-state index contributed by atoms with van der Waals surface area (Å²) in [4.78, 5) is 2.05. The number of rotatable bonds is 7. The Labute approximate surface area is 134 Å². The highest BCUT2D eigenvalue weighted by atomic mass is 16.3. The lowest BCUT2D eigenvalue weighted by Gasteiger charge is -2.28. The van der Waals surface area contributed by atoms with Crippen molar-refractivity contribution in [2.45, 2.75) is 32.4 Å². The van der Waals surface area contributed by atoms with E-state index in [1.807, 2.05) is 25.8 Å². The van der Waals surface area contributed by atoms with Crippen molar-refractivity contribution in [3.05, 3.63) is 71.8 Å². The topological polar surface area (TPSA) is 23.5 Å². The molecular formula is C20H27NO. The molecule has 2 aromatic rings. The maximum absolute atomic E-state index is 10.2. The van der Waals surface area contributed by atoms with Crippen LogP contribution in [0.15, 0.2) is 60.7 Å². The third-order valence-corrected chi connectivity index (χ3v) is 4.22. The normalized spacial score (nSPS) is 13.0. The summed E-state index contributed by atoms with van der Waals surface area (Å²) in [6, 6.07) is 21.3. The van der Waals surface area contributed by atoms with Crippen molar-refractivity contribution in [3.63, 3.8) is 0 Å². The van der Waals surface area contributed by atoms with E-state index in [1.165, 1.54) is 11.1 Å². The van der Waals surface area contributed by atoms with Crippen LogP contribution in [0.2, 0.25) is 0 Å². The largest absolute Gasteiger partial charge is 0.378 e. The third kappa shape index (κ3) is 4.43. The average molecular weight is 297 g/mol. The molecule has 2 heteroatoms. The first-order chi connectivity index (χ1) is 10.6. The maximum Gasteiger partial charge on any atom is 0.109 e. The molecule has 2 nitrogen and oxygen atoms in total. The van der Waals surface area contributed by atoms with E-state index in [2.05, 4.69) is 60.7 Å². The van der Waals surface area contributed by atoms with Crippen LogP contribution >= 0.6 is 0 Å². The Balaban J connectivity index is 2.13. The molecule has 118 valence electrons. The van der Waals surface area contributed by atoms with Crippen molar-refractivity contribution in [2.24, 2.45) is 5.92 Å². The zero-order valence-electron chi connectivity index (χ0n) is 13.8. The molecule has 2 aromatic carbocycles. The van der Waals surface area contributed by atoms with Crippen molar-refractivity contribution in [2.75, 3.05) is 13.6 Å². The van der Waals surface area contributed by atoms with Gasteiger partial charge in [-0.3, -0.25) is 4.90 Å². The highest BCUT2D eigenvalue weighted by Gasteiger charge is 2.18. The first-order valence-corrected chi connectivity index (χ1v) is 8.07. The van der Waals surface area contributed by atoms with Crippen LogP contribution < -0.4 is 0 Å². The van der Waals surface area contributed by atoms with E-state index in [1.54, 1.807) is 0 Å². The maximum atomic E-state index is 10.2. The molecule has 1 atom stereocenters. The molecule has 0 spiro atoms. The Morgan fingerprint density at radius 1 is 0.864 bits per heavy atom. The monoisotopic (exact) mass is 297 g/mol. The molecule has 0 bridgehead atoms. The lowest BCUT2D eigenvalue weighted by molar-refractivity contribution is -0.0144. The van der Waals surface area contributed by atoms with Crippen molar-refractivity contribution < 1.29 is 5.11 Å². The van der Waals surface area contributed by atoms with Crippen molar-refractivity contribution in [1.29, 1.82) is 0 Å². The van der Waals surface area contributed by atoms with Gasteiger partial charge in [-0.05, 0) is 30.5 Å². The molecule has 22 heavy (non-hydrogen) atoms. The third-order valence-electron chi connectivity index (χ3n) is 4.22. The van der Waals surface area contributed by atoms with Gasteiger partial charge in [-0.25, -0.2) is 0 Å². The smallest absolute Gasteiger partial charge is 0.109 e. The van der Waals surface area contributed by atoms with E-state index < -0.39 is 0 Å². The molecule has 0 heterocycles. The van der Waals surface area contributed by atoms with Gasteiger partial charge < -0.3 is 5.11 Å². The Morgan fingerprint density at radius 3 is 1.73 bits per heavy atom. The minimum absolute atomic E-state index is 0.247. The summed E-state index contributed by atoms with van der Waals surface area (Å²) in [5, 5.41) is 10.2. The molecular weight excluding hydrogens is 270 g/mol. The summed E-state index contributed by atoms with van der Waals surface area (Å²) in [6.45, 7) is 4.97. The fourth-order valence-electron chi connectivity index (χ4n) is 2.87. The van der Waals surface area contributed by atoms with E-state index in [0.717, 1.165) is 13.0 Å². The Morgan fingerprint density at radius 2 is 1.32 bits per heavy atom. The van der Waals surface area contributed by atoms with Crippen molar-refractivity contribution in [1.82, 2.24) is 4.90 Å². The summed E-state index contributed by atoms with van der Waals surface area (Å²) in [6.07, 6.45) is 0.612. The summed E-state index contributed by atoms with van der Waals surface area (Å²) in [5.74, 6) is 0.612. The van der Waals surface area contributed by atoms with E-state index in [9.17, 15) is 5.11 Å². The molecule has 1 N–H and O–H groups in total. The highest BCUT2D eigenvalue weighted by Crippen LogP contribution is 2.28. The number of benzene rings is 2. The molecule has 0 saturated carbocycles. The van der Waals surface area contributed by atoms with Crippen LogP contribution in [0.3, 0.4) is 0 Å². The van der Waals surface area contributed by atoms with Crippen LogP contribution in [0.25, 0.3) is 0 Å². The number of nitrogens with zero attached hydrogens (tertiary/aromatic N) is 1. The van der Waals surface area contributed by atoms with Crippen LogP contribution in [0, 0.1) is 5.92 Å². The van der Waals surface area contributed by atoms with Gasteiger partial charge in [0.25, 0.3) is 0 Å². The zero-order valence-corrected chi connectivity index (χ0v) is 13.8. The molecule has 0 saturated heterocycles. The SMILES string of the molecule is CC(C)C(O)N(C)CCC(c1ccccc1)c1ccccc1. The van der Waals surface area contributed by atoms with Gasteiger partial charge in [0, 0.05) is 12.5 Å². The molecule has 0 fully saturated rings. The summed E-state index contributed by atoms with van der Waals surface area (Å²) >= 11 is 0. The van der Waals surface area contributed by atoms with Gasteiger partial charge in [-0.1, -0.05) is 74.5 Å². The molecule has 2 rings (SSSR count). The van der Waals surface area contributed by atoms with Crippen LogP contribution in [0.1, 0.15) is 37.3 Å². The second-order valence-corrected chi connectivity index (χ2v) is 6.30. The van der Waals surface area contributed by atoms with Gasteiger partial charge in [0.1, 0.15) is 6.23 Å². The average Bonchev–Trinajstić information content (AvgIpc) is 2.56. The van der Waals surface area contributed by atoms with E-state index in [0.29, 0.717) is 5.92 Å². The van der Waals surface area contributed by atoms with Gasteiger partial charge in [-0.2, -0.15) is 0 Å². The first-order valence-electron chi connectivity index (χ1n) is 8.07. The number of hydrogen-bond donors (Lipinski definition) is 1. The predicted octanol–water partition coefficient (Wildman–Crippen LogP) is 4.11. The van der Waals surface area contributed by atoms with Gasteiger partial charge in [0.2, 0.25) is 0 Å². The van der Waals surface area contributed by atoms with Crippen LogP contribution in [0.5, 0.6) is 0 Å². The zero-order chi connectivity index (χ0) is 15.9. The molecule has 0 radical (unpaired) electrons. The van der Waals surface area contributed by atoms with E-state index >= 15 is 0 Å². The lowest BCUT2D eigenvalue weighted by atomic mass is 9.88. The Bertz CT molecular complexity index is 499. The number of aliphatic hydroxyl groups excluding tert-OH is 1. The minimum Gasteiger partial charge on any atom is -0.378 e. The minimum atomic E-state index is -0.382. The molecule has 0 aliphatic carbocycles. The quantitative estimate of drug-likeness (QED) is 0.777. The summed E-state index contributed by atoms with van der Waals surface area (Å²) in [5.41, 5.74) is 2.67. The summed E-state index contributed by atoms with van der Waals surface area (Å²) in [7, 11) is 2.00. The number of hydrogen-bond acceptors (Lipinski definition) is 2. The number of aliphatic hydroxyl groups is 1. The molecule has 0 aliphatic heterocycles. The van der Waals surface area contributed by atoms with Gasteiger partial charge in [0.15, 0.2) is 0 Å². The molecule has 1 unspecified atom stereocenters. The Hall–Kier alpha value is -1.64. The fraction of sp³-hybridized carbons (Fsp3) is 0.400. The van der Waals surface area contributed by atoms with Crippen molar-refractivity contribution in [3.8, 4) is 0 Å². The standard InChI is InChI=1S/C20H27NO/c1-16(2)20(22)21(3)15-14-19(17-10-6-4-7-11-17)18-12-8-5-9-13-18/h4-13,16,19-20,22H,14-15H2,1-3H3. The van der Waals surface area contributed by atoms with E-state index in [-0.39, 0.29) is 12.1 Å². The van der Waals surface area contributed by atoms with E-state index in [4.69, 9.17) is 0 Å². The molecule has 0 amide bonds.